The molecular formula is C15H22OS. The highest BCUT2D eigenvalue weighted by Gasteiger charge is 2.12. The molecule has 0 aliphatic rings. The van der Waals surface area contributed by atoms with Crippen LogP contribution in [-0.4, -0.2) is 9.80 Å². The molecule has 1 unspecified atom stereocenters. The monoisotopic (exact) mass is 250 g/mol. The number of hydrogen-bond acceptors (Lipinski definition) is 2. The molecule has 1 rings (SSSR count). The maximum absolute atomic E-state index is 9.29. The molecule has 0 heterocycles. The smallest absolute Gasteiger partial charge is 0.0496 e. The van der Waals surface area contributed by atoms with Gasteiger partial charge >= 0.3 is 0 Å². The average molecular weight is 250 g/mol. The number of benzene rings is 1. The third-order valence-electron chi connectivity index (χ3n) is 2.89. The molecule has 1 aromatic rings. The molecule has 0 bridgehead atoms. The number of rotatable bonds is 5. The summed E-state index contributed by atoms with van der Waals surface area (Å²) < 4.78 is 9.29. The highest BCUT2D eigenvalue weighted by atomic mass is 32.2. The van der Waals surface area contributed by atoms with Crippen LogP contribution in [0.4, 0.5) is 0 Å². The van der Waals surface area contributed by atoms with Gasteiger partial charge in [0.1, 0.15) is 0 Å². The van der Waals surface area contributed by atoms with Crippen LogP contribution in [0.2, 0.25) is 0 Å². The molecule has 1 N–H and O–H groups in total. The van der Waals surface area contributed by atoms with Crippen molar-refractivity contribution in [2.24, 2.45) is 0 Å². The molecule has 17 heavy (non-hydrogen) atoms. The maximum Gasteiger partial charge on any atom is 0.0496 e. The first-order valence-electron chi connectivity index (χ1n) is 6.04. The molecule has 1 aromatic carbocycles. The van der Waals surface area contributed by atoms with Crippen LogP contribution in [-0.2, 0) is 0 Å². The molecular weight excluding hydrogens is 228 g/mol. The third kappa shape index (κ3) is 4.97. The van der Waals surface area contributed by atoms with Crippen molar-refractivity contribution in [1.29, 1.82) is 0 Å². The first kappa shape index (κ1) is 14.3. The van der Waals surface area contributed by atoms with Gasteiger partial charge in [0.2, 0.25) is 0 Å². The zero-order chi connectivity index (χ0) is 12.8. The summed E-state index contributed by atoms with van der Waals surface area (Å²) in [7, 11) is 0. The summed E-state index contributed by atoms with van der Waals surface area (Å²) in [5.41, 5.74) is 3.89. The van der Waals surface area contributed by atoms with Gasteiger partial charge in [-0.05, 0) is 50.7 Å². The van der Waals surface area contributed by atoms with E-state index in [1.165, 1.54) is 16.7 Å². The fourth-order valence-corrected chi connectivity index (χ4v) is 2.60. The summed E-state index contributed by atoms with van der Waals surface area (Å²) in [6, 6.07) is 8.66. The van der Waals surface area contributed by atoms with E-state index in [9.17, 15) is 4.55 Å². The van der Waals surface area contributed by atoms with E-state index in [1.54, 1.807) is 0 Å². The molecule has 0 amide bonds. The van der Waals surface area contributed by atoms with Crippen LogP contribution < -0.4 is 0 Å². The van der Waals surface area contributed by atoms with Crippen LogP contribution in [0, 0.1) is 6.92 Å². The van der Waals surface area contributed by atoms with Gasteiger partial charge in [-0.1, -0.05) is 48.4 Å². The van der Waals surface area contributed by atoms with Crippen LogP contribution in [0.1, 0.15) is 44.2 Å². The predicted octanol–water partition coefficient (Wildman–Crippen LogP) is 5.03. The average Bonchev–Trinajstić information content (AvgIpc) is 2.28. The highest BCUT2D eigenvalue weighted by molar-refractivity contribution is 7.94. The van der Waals surface area contributed by atoms with Crippen LogP contribution >= 0.6 is 12.0 Å². The minimum atomic E-state index is 0.191. The Labute approximate surface area is 109 Å². The van der Waals surface area contributed by atoms with Crippen LogP contribution in [0.15, 0.2) is 35.9 Å². The fourth-order valence-electron chi connectivity index (χ4n) is 1.89. The topological polar surface area (TPSA) is 20.2 Å². The number of aryl methyl sites for hydroxylation is 1. The van der Waals surface area contributed by atoms with E-state index in [0.717, 1.165) is 18.5 Å². The van der Waals surface area contributed by atoms with Crippen molar-refractivity contribution in [3.8, 4) is 0 Å². The van der Waals surface area contributed by atoms with Crippen molar-refractivity contribution in [1.82, 2.24) is 0 Å². The standard InChI is InChI=1S/C15H22OS/c1-11(2)9-15(17-16)10-13(4)14-7-5-12(3)6-8-14/h5-9,13,15-16H,10H2,1-4H3/t13-,15?/m0/s1. The lowest BCUT2D eigenvalue weighted by Crippen LogP contribution is -2.05. The normalized spacial score (nSPS) is 14.2. The van der Waals surface area contributed by atoms with Crippen molar-refractivity contribution in [2.75, 3.05) is 0 Å². The number of allylic oxidation sites excluding steroid dienone is 1. The molecule has 94 valence electrons. The third-order valence-corrected chi connectivity index (χ3v) is 3.49. The summed E-state index contributed by atoms with van der Waals surface area (Å²) in [6.07, 6.45) is 3.10. The summed E-state index contributed by atoms with van der Waals surface area (Å²) in [5.74, 6) is 0.468. The summed E-state index contributed by atoms with van der Waals surface area (Å²) in [5, 5.41) is 0.191. The molecule has 2 atom stereocenters. The Kier molecular flexibility index (Phi) is 5.79. The predicted molar refractivity (Wildman–Crippen MR) is 77.6 cm³/mol. The summed E-state index contributed by atoms with van der Waals surface area (Å²) >= 11 is 0.948. The van der Waals surface area contributed by atoms with Crippen LogP contribution in [0.25, 0.3) is 0 Å². The minimum Gasteiger partial charge on any atom is -0.329 e. The Bertz CT molecular complexity index is 363. The van der Waals surface area contributed by atoms with E-state index in [4.69, 9.17) is 0 Å². The van der Waals surface area contributed by atoms with E-state index >= 15 is 0 Å². The van der Waals surface area contributed by atoms with Crippen LogP contribution in [0.3, 0.4) is 0 Å². The fraction of sp³-hybridized carbons (Fsp3) is 0.467. The molecule has 0 fully saturated rings. The van der Waals surface area contributed by atoms with Gasteiger partial charge in [-0.2, -0.15) is 0 Å². The number of hydrogen-bond donors (Lipinski definition) is 1. The second-order valence-corrected chi connectivity index (χ2v) is 5.75. The summed E-state index contributed by atoms with van der Waals surface area (Å²) in [4.78, 5) is 0. The van der Waals surface area contributed by atoms with Gasteiger partial charge in [-0.3, -0.25) is 0 Å². The van der Waals surface area contributed by atoms with E-state index in [2.05, 4.69) is 58.0 Å². The molecule has 0 aliphatic carbocycles. The first-order valence-corrected chi connectivity index (χ1v) is 6.88. The molecule has 0 aromatic heterocycles. The maximum atomic E-state index is 9.29. The van der Waals surface area contributed by atoms with Crippen molar-refractivity contribution in [2.45, 2.75) is 45.3 Å². The van der Waals surface area contributed by atoms with E-state index in [0.29, 0.717) is 5.92 Å². The summed E-state index contributed by atoms with van der Waals surface area (Å²) in [6.45, 7) is 8.45. The Morgan fingerprint density at radius 3 is 2.35 bits per heavy atom. The first-order chi connectivity index (χ1) is 8.02. The second kappa shape index (κ2) is 6.87. The lowest BCUT2D eigenvalue weighted by Gasteiger charge is -2.16. The highest BCUT2D eigenvalue weighted by Crippen LogP contribution is 2.26. The zero-order valence-electron chi connectivity index (χ0n) is 11.1. The molecule has 0 spiro atoms. The molecule has 1 nitrogen and oxygen atoms in total. The quantitative estimate of drug-likeness (QED) is 0.584. The second-order valence-electron chi connectivity index (χ2n) is 4.94. The van der Waals surface area contributed by atoms with Gasteiger partial charge in [0, 0.05) is 5.25 Å². The molecule has 2 heteroatoms. The van der Waals surface area contributed by atoms with Crippen LogP contribution in [0.5, 0.6) is 0 Å². The lowest BCUT2D eigenvalue weighted by molar-refractivity contribution is 0.630. The van der Waals surface area contributed by atoms with E-state index in [-0.39, 0.29) is 5.25 Å². The van der Waals surface area contributed by atoms with Crippen molar-refractivity contribution >= 4 is 12.0 Å². The van der Waals surface area contributed by atoms with Gasteiger partial charge in [-0.15, -0.1) is 0 Å². The largest absolute Gasteiger partial charge is 0.329 e. The SMILES string of the molecule is CC(C)=CC(C[C@H](C)c1ccc(C)cc1)SO. The van der Waals surface area contributed by atoms with Gasteiger partial charge in [0.05, 0.1) is 0 Å². The molecule has 0 saturated heterocycles. The van der Waals surface area contributed by atoms with Gasteiger partial charge in [0.25, 0.3) is 0 Å². The van der Waals surface area contributed by atoms with Crippen molar-refractivity contribution in [3.63, 3.8) is 0 Å². The van der Waals surface area contributed by atoms with Crippen molar-refractivity contribution in [3.05, 3.63) is 47.0 Å². The Morgan fingerprint density at radius 1 is 1.29 bits per heavy atom. The molecule has 0 radical (unpaired) electrons. The van der Waals surface area contributed by atoms with Gasteiger partial charge in [-0.25, -0.2) is 0 Å². The Hall–Kier alpha value is -0.730. The van der Waals surface area contributed by atoms with Gasteiger partial charge < -0.3 is 4.55 Å². The zero-order valence-corrected chi connectivity index (χ0v) is 11.9. The molecule has 0 aliphatic heterocycles. The Morgan fingerprint density at radius 2 is 1.88 bits per heavy atom. The molecule has 0 saturated carbocycles. The Balaban J connectivity index is 2.67. The van der Waals surface area contributed by atoms with E-state index < -0.39 is 0 Å². The van der Waals surface area contributed by atoms with Crippen molar-refractivity contribution < 1.29 is 4.55 Å². The minimum absolute atomic E-state index is 0.191. The lowest BCUT2D eigenvalue weighted by atomic mass is 9.95. The van der Waals surface area contributed by atoms with E-state index in [1.807, 2.05) is 0 Å². The van der Waals surface area contributed by atoms with Gasteiger partial charge in [0.15, 0.2) is 0 Å².